The molecular weight excluding hydrogens is 230 g/mol. The number of hydrogen-bond donors (Lipinski definition) is 2. The Kier molecular flexibility index (Phi) is 4.58. The maximum Gasteiger partial charge on any atom is 0.312 e. The summed E-state index contributed by atoms with van der Waals surface area (Å²) in [5.41, 5.74) is 5.32. The van der Waals surface area contributed by atoms with E-state index < -0.39 is 5.91 Å². The molecule has 1 saturated heterocycles. The molecular formula is C13H23N3O2. The third-order valence-electron chi connectivity index (χ3n) is 4.13. The van der Waals surface area contributed by atoms with Crippen LogP contribution in [0.1, 0.15) is 38.5 Å². The fourth-order valence-corrected chi connectivity index (χ4v) is 3.27. The van der Waals surface area contributed by atoms with Gasteiger partial charge in [-0.3, -0.25) is 9.59 Å². The van der Waals surface area contributed by atoms with E-state index in [0.717, 1.165) is 19.4 Å². The van der Waals surface area contributed by atoms with Crippen LogP contribution in [0.3, 0.4) is 0 Å². The number of fused-ring (bicyclic) bond motifs is 1. The van der Waals surface area contributed by atoms with E-state index in [2.05, 4.69) is 5.32 Å². The summed E-state index contributed by atoms with van der Waals surface area (Å²) >= 11 is 0. The van der Waals surface area contributed by atoms with Crippen molar-refractivity contribution in [2.75, 3.05) is 19.6 Å². The molecule has 2 unspecified atom stereocenters. The highest BCUT2D eigenvalue weighted by Crippen LogP contribution is 2.35. The summed E-state index contributed by atoms with van der Waals surface area (Å²) in [6.45, 7) is 1.47. The lowest BCUT2D eigenvalue weighted by Crippen LogP contribution is -2.54. The van der Waals surface area contributed by atoms with Crippen LogP contribution in [0, 0.1) is 5.92 Å². The van der Waals surface area contributed by atoms with Crippen LogP contribution in [-0.4, -0.2) is 42.4 Å². The highest BCUT2D eigenvalue weighted by Gasteiger charge is 2.37. The highest BCUT2D eigenvalue weighted by molar-refractivity contribution is 6.35. The van der Waals surface area contributed by atoms with Gasteiger partial charge in [-0.1, -0.05) is 12.8 Å². The van der Waals surface area contributed by atoms with Gasteiger partial charge in [0.25, 0.3) is 0 Å². The summed E-state index contributed by atoms with van der Waals surface area (Å²) < 4.78 is 0. The molecule has 1 heterocycles. The first kappa shape index (κ1) is 13.3. The Morgan fingerprint density at radius 1 is 1.17 bits per heavy atom. The van der Waals surface area contributed by atoms with E-state index in [0.29, 0.717) is 25.0 Å². The summed E-state index contributed by atoms with van der Waals surface area (Å²) in [4.78, 5) is 25.7. The Labute approximate surface area is 108 Å². The summed E-state index contributed by atoms with van der Waals surface area (Å²) in [7, 11) is 0. The topological polar surface area (TPSA) is 75.4 Å². The summed E-state index contributed by atoms with van der Waals surface area (Å²) in [6, 6.07) is 0.295. The number of piperidine rings is 1. The second-order valence-electron chi connectivity index (χ2n) is 5.30. The van der Waals surface area contributed by atoms with Crippen molar-refractivity contribution in [1.29, 1.82) is 0 Å². The van der Waals surface area contributed by atoms with Crippen molar-refractivity contribution >= 4 is 11.8 Å². The SMILES string of the molecule is NCCNC(=O)C(=O)N1CCCC2CCCCC21. The first-order valence-corrected chi connectivity index (χ1v) is 7.03. The largest absolute Gasteiger partial charge is 0.347 e. The molecule has 5 heteroatoms. The monoisotopic (exact) mass is 253 g/mol. The zero-order valence-corrected chi connectivity index (χ0v) is 10.9. The van der Waals surface area contributed by atoms with E-state index in [9.17, 15) is 9.59 Å². The predicted molar refractivity (Wildman–Crippen MR) is 68.8 cm³/mol. The Morgan fingerprint density at radius 3 is 2.67 bits per heavy atom. The first-order chi connectivity index (χ1) is 8.74. The van der Waals surface area contributed by atoms with E-state index in [1.54, 1.807) is 4.90 Å². The first-order valence-electron chi connectivity index (χ1n) is 7.03. The van der Waals surface area contributed by atoms with E-state index in [1.165, 1.54) is 25.7 Å². The Hall–Kier alpha value is -1.10. The maximum absolute atomic E-state index is 12.1. The van der Waals surface area contributed by atoms with Gasteiger partial charge in [0.1, 0.15) is 0 Å². The van der Waals surface area contributed by atoms with Gasteiger partial charge in [-0.25, -0.2) is 0 Å². The summed E-state index contributed by atoms with van der Waals surface area (Å²) in [5, 5.41) is 2.57. The minimum absolute atomic E-state index is 0.295. The molecule has 0 aromatic carbocycles. The van der Waals surface area contributed by atoms with Gasteiger partial charge in [-0.2, -0.15) is 0 Å². The Balaban J connectivity index is 1.97. The van der Waals surface area contributed by atoms with Gasteiger partial charge in [0.05, 0.1) is 0 Å². The Bertz CT molecular complexity index is 317. The average Bonchev–Trinajstić information content (AvgIpc) is 2.43. The molecule has 1 saturated carbocycles. The molecule has 102 valence electrons. The molecule has 3 N–H and O–H groups in total. The zero-order chi connectivity index (χ0) is 13.0. The quantitative estimate of drug-likeness (QED) is 0.692. The number of nitrogens with zero attached hydrogens (tertiary/aromatic N) is 1. The molecule has 18 heavy (non-hydrogen) atoms. The summed E-state index contributed by atoms with van der Waals surface area (Å²) in [6.07, 6.45) is 6.94. The molecule has 0 aromatic rings. The van der Waals surface area contributed by atoms with E-state index in [-0.39, 0.29) is 5.91 Å². The lowest BCUT2D eigenvalue weighted by molar-refractivity contribution is -0.150. The molecule has 1 aliphatic heterocycles. The average molecular weight is 253 g/mol. The van der Waals surface area contributed by atoms with Gasteiger partial charge in [0, 0.05) is 25.7 Å². The third-order valence-corrected chi connectivity index (χ3v) is 4.13. The van der Waals surface area contributed by atoms with Gasteiger partial charge < -0.3 is 16.0 Å². The molecule has 0 spiro atoms. The smallest absolute Gasteiger partial charge is 0.312 e. The van der Waals surface area contributed by atoms with Crippen molar-refractivity contribution < 1.29 is 9.59 Å². The molecule has 0 radical (unpaired) electrons. The number of hydrogen-bond acceptors (Lipinski definition) is 3. The second-order valence-corrected chi connectivity index (χ2v) is 5.30. The highest BCUT2D eigenvalue weighted by atomic mass is 16.2. The third kappa shape index (κ3) is 2.83. The predicted octanol–water partition coefficient (Wildman–Crippen LogP) is 0.242. The second kappa shape index (κ2) is 6.18. The van der Waals surface area contributed by atoms with Crippen LogP contribution in [-0.2, 0) is 9.59 Å². The van der Waals surface area contributed by atoms with Gasteiger partial charge in [0.2, 0.25) is 0 Å². The van der Waals surface area contributed by atoms with Gasteiger partial charge >= 0.3 is 11.8 Å². The van der Waals surface area contributed by atoms with Crippen molar-refractivity contribution in [3.8, 4) is 0 Å². The van der Waals surface area contributed by atoms with E-state index in [1.807, 2.05) is 0 Å². The minimum atomic E-state index is -0.494. The van der Waals surface area contributed by atoms with Crippen molar-refractivity contribution in [1.82, 2.24) is 10.2 Å². The minimum Gasteiger partial charge on any atom is -0.347 e. The van der Waals surface area contributed by atoms with Crippen LogP contribution in [0.15, 0.2) is 0 Å². The fourth-order valence-electron chi connectivity index (χ4n) is 3.27. The molecule has 2 atom stereocenters. The lowest BCUT2D eigenvalue weighted by atomic mass is 9.78. The number of nitrogens with one attached hydrogen (secondary N) is 1. The number of carbonyl (C=O) groups is 2. The summed E-state index contributed by atoms with van der Waals surface area (Å²) in [5.74, 6) is -0.245. The van der Waals surface area contributed by atoms with Crippen LogP contribution >= 0.6 is 0 Å². The molecule has 2 rings (SSSR count). The number of likely N-dealkylation sites (tertiary alicyclic amines) is 1. The van der Waals surface area contributed by atoms with Crippen LogP contribution in [0.5, 0.6) is 0 Å². The Morgan fingerprint density at radius 2 is 1.89 bits per heavy atom. The normalized spacial score (nSPS) is 27.5. The van der Waals surface area contributed by atoms with E-state index >= 15 is 0 Å². The molecule has 1 aliphatic carbocycles. The number of carbonyl (C=O) groups excluding carboxylic acids is 2. The van der Waals surface area contributed by atoms with Crippen molar-refractivity contribution in [3.63, 3.8) is 0 Å². The lowest BCUT2D eigenvalue weighted by Gasteiger charge is -2.43. The van der Waals surface area contributed by atoms with Gasteiger partial charge in [-0.15, -0.1) is 0 Å². The number of nitrogens with two attached hydrogens (primary N) is 1. The molecule has 0 aromatic heterocycles. The fraction of sp³-hybridized carbons (Fsp3) is 0.846. The van der Waals surface area contributed by atoms with Gasteiger partial charge in [0.15, 0.2) is 0 Å². The van der Waals surface area contributed by atoms with Crippen LogP contribution < -0.4 is 11.1 Å². The molecule has 5 nitrogen and oxygen atoms in total. The maximum atomic E-state index is 12.1. The van der Waals surface area contributed by atoms with Crippen molar-refractivity contribution in [2.45, 2.75) is 44.6 Å². The van der Waals surface area contributed by atoms with Crippen LogP contribution in [0.4, 0.5) is 0 Å². The molecule has 2 amide bonds. The molecule has 2 aliphatic rings. The number of rotatable bonds is 2. The van der Waals surface area contributed by atoms with E-state index in [4.69, 9.17) is 5.73 Å². The molecule has 2 fully saturated rings. The van der Waals surface area contributed by atoms with Crippen molar-refractivity contribution in [2.24, 2.45) is 11.7 Å². The van der Waals surface area contributed by atoms with Crippen LogP contribution in [0.2, 0.25) is 0 Å². The van der Waals surface area contributed by atoms with Gasteiger partial charge in [-0.05, 0) is 31.6 Å². The number of amides is 2. The zero-order valence-electron chi connectivity index (χ0n) is 10.9. The molecule has 0 bridgehead atoms. The van der Waals surface area contributed by atoms with Crippen LogP contribution in [0.25, 0.3) is 0 Å². The standard InChI is InChI=1S/C13H23N3O2/c14-7-8-15-12(17)13(18)16-9-3-5-10-4-1-2-6-11(10)16/h10-11H,1-9,14H2,(H,15,17). The van der Waals surface area contributed by atoms with Crippen molar-refractivity contribution in [3.05, 3.63) is 0 Å².